The fraction of sp³-hybridized carbons (Fsp3) is 0.538. The van der Waals surface area contributed by atoms with Gasteiger partial charge in [0, 0.05) is 30.0 Å². The normalized spacial score (nSPS) is 21.4. The van der Waals surface area contributed by atoms with Crippen molar-refractivity contribution in [3.05, 3.63) is 17.7 Å². The fourth-order valence-electron chi connectivity index (χ4n) is 2.29. The summed E-state index contributed by atoms with van der Waals surface area (Å²) in [5.74, 6) is 2.90. The highest BCUT2D eigenvalue weighted by molar-refractivity contribution is 8.00. The van der Waals surface area contributed by atoms with Gasteiger partial charge in [0.2, 0.25) is 6.79 Å². The van der Waals surface area contributed by atoms with Crippen molar-refractivity contribution < 1.29 is 14.6 Å². The highest BCUT2D eigenvalue weighted by atomic mass is 32.2. The quantitative estimate of drug-likeness (QED) is 0.875. The molecule has 4 nitrogen and oxygen atoms in total. The van der Waals surface area contributed by atoms with Crippen LogP contribution in [-0.4, -0.2) is 29.4 Å². The number of phenolic OH excluding ortho intramolecular Hbond substituents is 1. The van der Waals surface area contributed by atoms with Crippen LogP contribution in [0.4, 0.5) is 0 Å². The number of phenols is 1. The first kappa shape index (κ1) is 12.0. The number of nitrogens with one attached hydrogen (secondary N) is 1. The van der Waals surface area contributed by atoms with Crippen LogP contribution in [0.25, 0.3) is 0 Å². The third-order valence-corrected chi connectivity index (χ3v) is 4.68. The SMILES string of the molecule is Oc1cc2c(cc1CNCC1CCCS1)OCO2. The summed E-state index contributed by atoms with van der Waals surface area (Å²) in [7, 11) is 0. The van der Waals surface area contributed by atoms with Crippen molar-refractivity contribution >= 4 is 11.8 Å². The third-order valence-electron chi connectivity index (χ3n) is 3.29. The third kappa shape index (κ3) is 2.52. The van der Waals surface area contributed by atoms with E-state index in [1.807, 2.05) is 17.8 Å². The number of hydrogen-bond donors (Lipinski definition) is 2. The molecule has 1 saturated heterocycles. The van der Waals surface area contributed by atoms with E-state index >= 15 is 0 Å². The van der Waals surface area contributed by atoms with Gasteiger partial charge in [-0.05, 0) is 24.7 Å². The van der Waals surface area contributed by atoms with Crippen LogP contribution in [0, 0.1) is 0 Å². The number of thioether (sulfide) groups is 1. The maximum absolute atomic E-state index is 9.89. The summed E-state index contributed by atoms with van der Waals surface area (Å²) >= 11 is 2.03. The Kier molecular flexibility index (Phi) is 3.52. The molecule has 0 radical (unpaired) electrons. The minimum atomic E-state index is 0.240. The minimum absolute atomic E-state index is 0.240. The van der Waals surface area contributed by atoms with Gasteiger partial charge in [0.05, 0.1) is 0 Å². The predicted octanol–water partition coefficient (Wildman–Crippen LogP) is 2.11. The van der Waals surface area contributed by atoms with Crippen LogP contribution in [0.5, 0.6) is 17.2 Å². The molecule has 0 aromatic heterocycles. The maximum atomic E-state index is 9.89. The Morgan fingerprint density at radius 2 is 2.17 bits per heavy atom. The van der Waals surface area contributed by atoms with E-state index in [1.165, 1.54) is 18.6 Å². The van der Waals surface area contributed by atoms with Crippen molar-refractivity contribution in [2.45, 2.75) is 24.6 Å². The first-order valence-electron chi connectivity index (χ1n) is 6.27. The predicted molar refractivity (Wildman–Crippen MR) is 71.4 cm³/mol. The van der Waals surface area contributed by atoms with Gasteiger partial charge in [0.1, 0.15) is 5.75 Å². The van der Waals surface area contributed by atoms with Crippen LogP contribution in [0.3, 0.4) is 0 Å². The lowest BCUT2D eigenvalue weighted by Crippen LogP contribution is -2.22. The van der Waals surface area contributed by atoms with Gasteiger partial charge in [0.25, 0.3) is 0 Å². The number of fused-ring (bicyclic) bond motifs is 1. The molecule has 2 heterocycles. The lowest BCUT2D eigenvalue weighted by molar-refractivity contribution is 0.174. The number of ether oxygens (including phenoxy) is 2. The molecule has 3 rings (SSSR count). The number of aromatic hydroxyl groups is 1. The van der Waals surface area contributed by atoms with Gasteiger partial charge in [-0.1, -0.05) is 0 Å². The Morgan fingerprint density at radius 3 is 2.94 bits per heavy atom. The first-order valence-corrected chi connectivity index (χ1v) is 7.31. The summed E-state index contributed by atoms with van der Waals surface area (Å²) in [6, 6.07) is 3.48. The second kappa shape index (κ2) is 5.28. The van der Waals surface area contributed by atoms with Gasteiger partial charge >= 0.3 is 0 Å². The summed E-state index contributed by atoms with van der Waals surface area (Å²) in [5, 5.41) is 14.0. The Balaban J connectivity index is 1.58. The zero-order chi connectivity index (χ0) is 12.4. The molecule has 1 unspecified atom stereocenters. The lowest BCUT2D eigenvalue weighted by Gasteiger charge is -2.11. The van der Waals surface area contributed by atoms with Crippen LogP contribution in [0.1, 0.15) is 18.4 Å². The van der Waals surface area contributed by atoms with E-state index in [-0.39, 0.29) is 12.5 Å². The molecular formula is C13H17NO3S. The van der Waals surface area contributed by atoms with Gasteiger partial charge in [-0.3, -0.25) is 0 Å². The molecule has 2 aliphatic rings. The Hall–Kier alpha value is -1.07. The van der Waals surface area contributed by atoms with Gasteiger partial charge in [0.15, 0.2) is 11.5 Å². The maximum Gasteiger partial charge on any atom is 0.231 e. The summed E-state index contributed by atoms with van der Waals surface area (Å²) in [6.07, 6.45) is 2.62. The van der Waals surface area contributed by atoms with Crippen LogP contribution >= 0.6 is 11.8 Å². The summed E-state index contributed by atoms with van der Waals surface area (Å²) in [6.45, 7) is 1.91. The molecule has 1 atom stereocenters. The molecule has 0 spiro atoms. The van der Waals surface area contributed by atoms with Crippen LogP contribution < -0.4 is 14.8 Å². The monoisotopic (exact) mass is 267 g/mol. The summed E-state index contributed by atoms with van der Waals surface area (Å²) in [4.78, 5) is 0. The molecule has 1 aromatic rings. The average molecular weight is 267 g/mol. The molecule has 1 fully saturated rings. The van der Waals surface area contributed by atoms with E-state index in [2.05, 4.69) is 5.32 Å². The standard InChI is InChI=1S/C13H17NO3S/c15-11-5-13-12(16-8-17-13)4-9(11)6-14-7-10-2-1-3-18-10/h4-5,10,14-15H,1-3,6-8H2. The highest BCUT2D eigenvalue weighted by Crippen LogP contribution is 2.37. The zero-order valence-corrected chi connectivity index (χ0v) is 11.0. The molecule has 0 saturated carbocycles. The van der Waals surface area contributed by atoms with Gasteiger partial charge in [-0.2, -0.15) is 11.8 Å². The van der Waals surface area contributed by atoms with Crippen molar-refractivity contribution in [3.8, 4) is 17.2 Å². The van der Waals surface area contributed by atoms with Gasteiger partial charge in [-0.15, -0.1) is 0 Å². The summed E-state index contributed by atoms with van der Waals surface area (Å²) < 4.78 is 10.5. The van der Waals surface area contributed by atoms with E-state index in [0.29, 0.717) is 12.3 Å². The first-order chi connectivity index (χ1) is 8.83. The largest absolute Gasteiger partial charge is 0.507 e. The molecule has 0 bridgehead atoms. The minimum Gasteiger partial charge on any atom is -0.507 e. The topological polar surface area (TPSA) is 50.7 Å². The second-order valence-electron chi connectivity index (χ2n) is 4.60. The molecule has 2 aliphatic heterocycles. The number of rotatable bonds is 4. The molecule has 0 aliphatic carbocycles. The Bertz CT molecular complexity index is 432. The smallest absolute Gasteiger partial charge is 0.231 e. The van der Waals surface area contributed by atoms with E-state index in [4.69, 9.17) is 9.47 Å². The molecule has 1 aromatic carbocycles. The van der Waals surface area contributed by atoms with Gasteiger partial charge < -0.3 is 19.9 Å². The van der Waals surface area contributed by atoms with Crippen molar-refractivity contribution in [3.63, 3.8) is 0 Å². The van der Waals surface area contributed by atoms with E-state index in [1.54, 1.807) is 6.07 Å². The molecule has 0 amide bonds. The van der Waals surface area contributed by atoms with E-state index in [9.17, 15) is 5.11 Å². The fourth-order valence-corrected chi connectivity index (χ4v) is 3.52. The van der Waals surface area contributed by atoms with Crippen molar-refractivity contribution in [1.29, 1.82) is 0 Å². The van der Waals surface area contributed by atoms with E-state index < -0.39 is 0 Å². The average Bonchev–Trinajstić information content (AvgIpc) is 3.00. The van der Waals surface area contributed by atoms with E-state index in [0.717, 1.165) is 23.1 Å². The Labute approximate surface area is 111 Å². The van der Waals surface area contributed by atoms with Crippen molar-refractivity contribution in [2.24, 2.45) is 0 Å². The molecule has 18 heavy (non-hydrogen) atoms. The molecule has 2 N–H and O–H groups in total. The molecule has 5 heteroatoms. The summed E-state index contributed by atoms with van der Waals surface area (Å²) in [5.41, 5.74) is 0.863. The second-order valence-corrected chi connectivity index (χ2v) is 6.01. The van der Waals surface area contributed by atoms with Crippen molar-refractivity contribution in [2.75, 3.05) is 19.1 Å². The van der Waals surface area contributed by atoms with Crippen LogP contribution in [0.2, 0.25) is 0 Å². The Morgan fingerprint density at radius 1 is 1.33 bits per heavy atom. The van der Waals surface area contributed by atoms with Gasteiger partial charge in [-0.25, -0.2) is 0 Å². The highest BCUT2D eigenvalue weighted by Gasteiger charge is 2.18. The molecular weight excluding hydrogens is 250 g/mol. The van der Waals surface area contributed by atoms with Crippen LogP contribution in [-0.2, 0) is 6.54 Å². The number of hydrogen-bond acceptors (Lipinski definition) is 5. The molecule has 98 valence electrons. The zero-order valence-electron chi connectivity index (χ0n) is 10.1. The van der Waals surface area contributed by atoms with Crippen LogP contribution in [0.15, 0.2) is 12.1 Å². The lowest BCUT2D eigenvalue weighted by atomic mass is 10.1. The number of benzene rings is 1. The van der Waals surface area contributed by atoms with Crippen molar-refractivity contribution in [1.82, 2.24) is 5.32 Å².